The Morgan fingerprint density at radius 3 is 2.52 bits per heavy atom. The van der Waals surface area contributed by atoms with Crippen molar-refractivity contribution >= 4 is 26.7 Å². The number of benzene rings is 3. The summed E-state index contributed by atoms with van der Waals surface area (Å²) in [7, 11) is 0. The fourth-order valence-corrected chi connectivity index (χ4v) is 2.45. The number of halogens is 1. The van der Waals surface area contributed by atoms with E-state index in [-0.39, 0.29) is 5.75 Å². The predicted octanol–water partition coefficient (Wildman–Crippen LogP) is 4.97. The number of phenols is 1. The topological polar surface area (TPSA) is 53.2 Å². The van der Waals surface area contributed by atoms with E-state index in [1.165, 1.54) is 18.2 Å². The SMILES string of the molecule is N#Cc1ccc(O)cc1Oc1ccc2cc(Br)ccc2c1. The molecule has 0 bridgehead atoms. The van der Waals surface area contributed by atoms with E-state index >= 15 is 0 Å². The van der Waals surface area contributed by atoms with E-state index in [4.69, 9.17) is 10.00 Å². The van der Waals surface area contributed by atoms with Gasteiger partial charge in [-0.05, 0) is 47.2 Å². The van der Waals surface area contributed by atoms with Gasteiger partial charge in [0.15, 0.2) is 0 Å². The highest BCUT2D eigenvalue weighted by atomic mass is 79.9. The summed E-state index contributed by atoms with van der Waals surface area (Å²) in [6.07, 6.45) is 0. The van der Waals surface area contributed by atoms with E-state index in [1.807, 2.05) is 42.5 Å². The minimum Gasteiger partial charge on any atom is -0.508 e. The van der Waals surface area contributed by atoms with Gasteiger partial charge in [0, 0.05) is 10.5 Å². The first kappa shape index (κ1) is 13.5. The normalized spacial score (nSPS) is 10.3. The largest absolute Gasteiger partial charge is 0.508 e. The standard InChI is InChI=1S/C17H10BrNO2/c18-14-4-1-12-8-16(6-3-11(12)7-14)21-17-9-15(20)5-2-13(17)10-19/h1-9,20H. The molecule has 21 heavy (non-hydrogen) atoms. The van der Waals surface area contributed by atoms with Gasteiger partial charge in [-0.1, -0.05) is 28.1 Å². The summed E-state index contributed by atoms with van der Waals surface area (Å²) in [5.74, 6) is 1.02. The van der Waals surface area contributed by atoms with Crippen molar-refractivity contribution in [3.8, 4) is 23.3 Å². The lowest BCUT2D eigenvalue weighted by molar-refractivity contribution is 0.454. The van der Waals surface area contributed by atoms with E-state index in [0.717, 1.165) is 15.2 Å². The zero-order valence-electron chi connectivity index (χ0n) is 10.9. The summed E-state index contributed by atoms with van der Waals surface area (Å²) in [6, 6.07) is 18.1. The van der Waals surface area contributed by atoms with Crippen LogP contribution in [0, 0.1) is 11.3 Å². The maximum Gasteiger partial charge on any atom is 0.148 e. The van der Waals surface area contributed by atoms with Crippen LogP contribution in [0.4, 0.5) is 0 Å². The Kier molecular flexibility index (Phi) is 3.51. The predicted molar refractivity (Wildman–Crippen MR) is 84.5 cm³/mol. The van der Waals surface area contributed by atoms with E-state index < -0.39 is 0 Å². The molecule has 0 aromatic heterocycles. The number of fused-ring (bicyclic) bond motifs is 1. The van der Waals surface area contributed by atoms with Crippen LogP contribution in [0.5, 0.6) is 17.2 Å². The Morgan fingerprint density at radius 1 is 0.952 bits per heavy atom. The summed E-state index contributed by atoms with van der Waals surface area (Å²) in [4.78, 5) is 0. The van der Waals surface area contributed by atoms with E-state index in [1.54, 1.807) is 0 Å². The molecule has 0 fully saturated rings. The quantitative estimate of drug-likeness (QED) is 0.716. The van der Waals surface area contributed by atoms with Crippen molar-refractivity contribution in [1.29, 1.82) is 5.26 Å². The van der Waals surface area contributed by atoms with Crippen molar-refractivity contribution < 1.29 is 9.84 Å². The van der Waals surface area contributed by atoms with Gasteiger partial charge in [-0.2, -0.15) is 5.26 Å². The van der Waals surface area contributed by atoms with E-state index in [9.17, 15) is 5.11 Å². The van der Waals surface area contributed by atoms with Gasteiger partial charge in [-0.3, -0.25) is 0 Å². The molecule has 0 atom stereocenters. The maximum atomic E-state index is 9.52. The summed E-state index contributed by atoms with van der Waals surface area (Å²) in [5.41, 5.74) is 0.378. The molecule has 3 aromatic rings. The summed E-state index contributed by atoms with van der Waals surface area (Å²) in [6.45, 7) is 0. The monoisotopic (exact) mass is 339 g/mol. The number of rotatable bonds is 2. The molecular formula is C17H10BrNO2. The van der Waals surface area contributed by atoms with Crippen molar-refractivity contribution in [2.24, 2.45) is 0 Å². The lowest BCUT2D eigenvalue weighted by Crippen LogP contribution is -1.88. The molecule has 3 rings (SSSR count). The van der Waals surface area contributed by atoms with Crippen LogP contribution in [-0.4, -0.2) is 5.11 Å². The zero-order valence-corrected chi connectivity index (χ0v) is 12.5. The first-order valence-corrected chi connectivity index (χ1v) is 7.05. The third kappa shape index (κ3) is 2.83. The fraction of sp³-hybridized carbons (Fsp3) is 0. The third-order valence-corrected chi connectivity index (χ3v) is 3.58. The van der Waals surface area contributed by atoms with Gasteiger partial charge in [0.25, 0.3) is 0 Å². The highest BCUT2D eigenvalue weighted by Crippen LogP contribution is 2.31. The Morgan fingerprint density at radius 2 is 1.71 bits per heavy atom. The number of hydrogen-bond donors (Lipinski definition) is 1. The molecule has 0 saturated carbocycles. The van der Waals surface area contributed by atoms with Crippen LogP contribution >= 0.6 is 15.9 Å². The summed E-state index contributed by atoms with van der Waals surface area (Å²) in [5, 5.41) is 20.7. The van der Waals surface area contributed by atoms with Gasteiger partial charge in [0.2, 0.25) is 0 Å². The van der Waals surface area contributed by atoms with E-state index in [0.29, 0.717) is 17.1 Å². The Bertz CT molecular complexity index is 868. The van der Waals surface area contributed by atoms with Gasteiger partial charge in [0.1, 0.15) is 23.3 Å². The molecule has 1 N–H and O–H groups in total. The first-order valence-electron chi connectivity index (χ1n) is 6.26. The first-order chi connectivity index (χ1) is 10.2. The molecule has 4 heteroatoms. The molecule has 0 heterocycles. The van der Waals surface area contributed by atoms with Crippen LogP contribution in [0.15, 0.2) is 59.1 Å². The van der Waals surface area contributed by atoms with Crippen molar-refractivity contribution in [3.63, 3.8) is 0 Å². The van der Waals surface area contributed by atoms with E-state index in [2.05, 4.69) is 15.9 Å². The summed E-state index contributed by atoms with van der Waals surface area (Å²) < 4.78 is 6.74. The summed E-state index contributed by atoms with van der Waals surface area (Å²) >= 11 is 3.44. The zero-order chi connectivity index (χ0) is 14.8. The average molecular weight is 340 g/mol. The minimum absolute atomic E-state index is 0.0636. The maximum absolute atomic E-state index is 9.52. The van der Waals surface area contributed by atoms with Crippen molar-refractivity contribution in [3.05, 3.63) is 64.6 Å². The second-order valence-electron chi connectivity index (χ2n) is 4.55. The van der Waals surface area contributed by atoms with Crippen molar-refractivity contribution in [1.82, 2.24) is 0 Å². The lowest BCUT2D eigenvalue weighted by Gasteiger charge is -2.09. The number of phenolic OH excluding ortho intramolecular Hbond substituents is 1. The van der Waals surface area contributed by atoms with Gasteiger partial charge >= 0.3 is 0 Å². The van der Waals surface area contributed by atoms with Crippen LogP contribution in [-0.2, 0) is 0 Å². The van der Waals surface area contributed by atoms with Crippen molar-refractivity contribution in [2.45, 2.75) is 0 Å². The van der Waals surface area contributed by atoms with Gasteiger partial charge < -0.3 is 9.84 Å². The molecule has 3 aromatic carbocycles. The molecule has 0 amide bonds. The highest BCUT2D eigenvalue weighted by Gasteiger charge is 2.07. The molecule has 0 saturated heterocycles. The minimum atomic E-state index is 0.0636. The second-order valence-corrected chi connectivity index (χ2v) is 5.46. The molecule has 0 radical (unpaired) electrons. The highest BCUT2D eigenvalue weighted by molar-refractivity contribution is 9.10. The van der Waals surface area contributed by atoms with Gasteiger partial charge in [-0.25, -0.2) is 0 Å². The molecule has 0 aliphatic rings. The van der Waals surface area contributed by atoms with Crippen LogP contribution in [0.2, 0.25) is 0 Å². The second kappa shape index (κ2) is 5.47. The molecule has 102 valence electrons. The number of hydrogen-bond acceptors (Lipinski definition) is 3. The smallest absolute Gasteiger partial charge is 0.148 e. The van der Waals surface area contributed by atoms with Gasteiger partial charge in [-0.15, -0.1) is 0 Å². The Labute approximate surface area is 130 Å². The molecule has 3 nitrogen and oxygen atoms in total. The molecular weight excluding hydrogens is 330 g/mol. The molecule has 0 spiro atoms. The lowest BCUT2D eigenvalue weighted by atomic mass is 10.1. The van der Waals surface area contributed by atoms with Crippen molar-refractivity contribution in [2.75, 3.05) is 0 Å². The molecule has 0 aliphatic heterocycles. The van der Waals surface area contributed by atoms with Crippen LogP contribution in [0.3, 0.4) is 0 Å². The van der Waals surface area contributed by atoms with Crippen LogP contribution < -0.4 is 4.74 Å². The number of ether oxygens (including phenoxy) is 1. The fourth-order valence-electron chi connectivity index (χ4n) is 2.07. The van der Waals surface area contributed by atoms with Gasteiger partial charge in [0.05, 0.1) is 5.56 Å². The number of nitrogens with zero attached hydrogens (tertiary/aromatic N) is 1. The number of nitriles is 1. The Balaban J connectivity index is 2.00. The average Bonchev–Trinajstić information content (AvgIpc) is 2.48. The number of aromatic hydroxyl groups is 1. The van der Waals surface area contributed by atoms with Crippen LogP contribution in [0.1, 0.15) is 5.56 Å². The Hall–Kier alpha value is -2.51. The van der Waals surface area contributed by atoms with Crippen LogP contribution in [0.25, 0.3) is 10.8 Å². The molecule has 0 aliphatic carbocycles. The molecule has 0 unspecified atom stereocenters. The third-order valence-electron chi connectivity index (χ3n) is 3.09.